The van der Waals surface area contributed by atoms with E-state index in [1.165, 1.54) is 0 Å². The number of nitrogens with zero attached hydrogens (tertiary/aromatic N) is 1. The van der Waals surface area contributed by atoms with E-state index in [9.17, 15) is 5.11 Å². The van der Waals surface area contributed by atoms with Crippen molar-refractivity contribution in [3.05, 3.63) is 0 Å². The zero-order chi connectivity index (χ0) is 13.1. The lowest BCUT2D eigenvalue weighted by Gasteiger charge is -2.40. The first-order valence-corrected chi connectivity index (χ1v) is 7.72. The van der Waals surface area contributed by atoms with Crippen LogP contribution in [0.2, 0.25) is 0 Å². The zero-order valence-electron chi connectivity index (χ0n) is 11.0. The van der Waals surface area contributed by atoms with E-state index in [0.717, 1.165) is 38.9 Å². The summed E-state index contributed by atoms with van der Waals surface area (Å²) in [4.78, 5) is 3.04. The molecule has 1 rings (SSSR count). The molecular formula is C12H24N2OS2. The summed E-state index contributed by atoms with van der Waals surface area (Å²) < 4.78 is 0.000561. The van der Waals surface area contributed by atoms with Crippen LogP contribution in [-0.4, -0.2) is 51.2 Å². The molecule has 17 heavy (non-hydrogen) atoms. The van der Waals surface area contributed by atoms with Crippen LogP contribution in [0.25, 0.3) is 0 Å². The number of hydrogen-bond donors (Lipinski definition) is 2. The molecule has 0 radical (unpaired) electrons. The first-order valence-electron chi connectivity index (χ1n) is 6.09. The molecule has 0 bridgehead atoms. The molecule has 0 aromatic carbocycles. The van der Waals surface area contributed by atoms with Gasteiger partial charge in [0.15, 0.2) is 0 Å². The van der Waals surface area contributed by atoms with Crippen LogP contribution < -0.4 is 5.73 Å². The predicted molar refractivity (Wildman–Crippen MR) is 79.6 cm³/mol. The molecule has 3 N–H and O–H groups in total. The van der Waals surface area contributed by atoms with Crippen LogP contribution in [0.5, 0.6) is 0 Å². The molecule has 5 heteroatoms. The monoisotopic (exact) mass is 276 g/mol. The smallest absolute Gasteiger partial charge is 0.0891 e. The minimum Gasteiger partial charge on any atom is -0.392 e. The maximum atomic E-state index is 9.71. The molecular weight excluding hydrogens is 252 g/mol. The number of aliphatic hydroxyl groups is 1. The van der Waals surface area contributed by atoms with Gasteiger partial charge in [-0.2, -0.15) is 11.8 Å². The van der Waals surface area contributed by atoms with E-state index >= 15 is 0 Å². The van der Waals surface area contributed by atoms with Crippen molar-refractivity contribution in [2.45, 2.75) is 43.5 Å². The van der Waals surface area contributed by atoms with E-state index in [-0.39, 0.29) is 4.75 Å². The van der Waals surface area contributed by atoms with Crippen LogP contribution in [0.4, 0.5) is 0 Å². The maximum Gasteiger partial charge on any atom is 0.0891 e. The fourth-order valence-electron chi connectivity index (χ4n) is 2.12. The first kappa shape index (κ1) is 15.2. The number of nitrogens with two attached hydrogens (primary N) is 1. The Kier molecular flexibility index (Phi) is 5.25. The molecule has 0 spiro atoms. The van der Waals surface area contributed by atoms with Gasteiger partial charge in [-0.15, -0.1) is 0 Å². The highest BCUT2D eigenvalue weighted by Crippen LogP contribution is 2.35. The highest BCUT2D eigenvalue weighted by molar-refractivity contribution is 8.01. The Balaban J connectivity index is 2.42. The van der Waals surface area contributed by atoms with E-state index in [0.29, 0.717) is 4.99 Å². The summed E-state index contributed by atoms with van der Waals surface area (Å²) in [6, 6.07) is 0. The Hall–Kier alpha value is 0.160. The Morgan fingerprint density at radius 1 is 1.47 bits per heavy atom. The molecule has 0 aromatic heterocycles. The molecule has 0 saturated carbocycles. The van der Waals surface area contributed by atoms with Crippen LogP contribution in [0.15, 0.2) is 0 Å². The van der Waals surface area contributed by atoms with Gasteiger partial charge < -0.3 is 15.7 Å². The lowest BCUT2D eigenvalue weighted by molar-refractivity contribution is 0.0545. The summed E-state index contributed by atoms with van der Waals surface area (Å²) in [5.41, 5.74) is 5.28. The average molecular weight is 276 g/mol. The third kappa shape index (κ3) is 4.39. The second-order valence-corrected chi connectivity index (χ2v) is 7.10. The Morgan fingerprint density at radius 2 is 2.00 bits per heavy atom. The van der Waals surface area contributed by atoms with Crippen molar-refractivity contribution in [2.75, 3.05) is 25.9 Å². The van der Waals surface area contributed by atoms with Crippen LogP contribution in [0.1, 0.15) is 33.1 Å². The van der Waals surface area contributed by atoms with Gasteiger partial charge in [0.2, 0.25) is 0 Å². The van der Waals surface area contributed by atoms with Gasteiger partial charge >= 0.3 is 0 Å². The minimum absolute atomic E-state index is 0.000561. The van der Waals surface area contributed by atoms with Crippen molar-refractivity contribution < 1.29 is 5.11 Å². The molecule has 0 aromatic rings. The molecule has 0 unspecified atom stereocenters. The van der Waals surface area contributed by atoms with Crippen molar-refractivity contribution in [2.24, 2.45) is 5.73 Å². The number of thiocarbonyl (C=S) groups is 1. The van der Waals surface area contributed by atoms with Crippen molar-refractivity contribution >= 4 is 29.0 Å². The van der Waals surface area contributed by atoms with Crippen LogP contribution in [-0.2, 0) is 0 Å². The zero-order valence-corrected chi connectivity index (χ0v) is 12.7. The number of thioether (sulfide) groups is 1. The van der Waals surface area contributed by atoms with Gasteiger partial charge in [-0.3, -0.25) is 0 Å². The van der Waals surface area contributed by atoms with E-state index in [2.05, 4.69) is 11.2 Å². The number of piperidine rings is 1. The van der Waals surface area contributed by atoms with Crippen molar-refractivity contribution in [1.82, 2.24) is 4.90 Å². The highest BCUT2D eigenvalue weighted by Gasteiger charge is 2.36. The molecule has 0 atom stereocenters. The fraction of sp³-hybridized carbons (Fsp3) is 0.917. The number of rotatable bonds is 5. The second kappa shape index (κ2) is 5.87. The number of likely N-dealkylation sites (tertiary alicyclic amines) is 1. The van der Waals surface area contributed by atoms with Crippen molar-refractivity contribution in [1.29, 1.82) is 0 Å². The van der Waals surface area contributed by atoms with Gasteiger partial charge in [-0.1, -0.05) is 12.2 Å². The van der Waals surface area contributed by atoms with Crippen LogP contribution >= 0.6 is 24.0 Å². The Morgan fingerprint density at radius 3 is 2.35 bits per heavy atom. The standard InChI is InChI=1S/C12H24N2OS2/c1-11(2,15)4-7-14-8-5-12(17-3,6-9-14)10(13)16/h15H,4-9H2,1-3H3,(H2,13,16). The van der Waals surface area contributed by atoms with E-state index in [1.54, 1.807) is 11.8 Å². The summed E-state index contributed by atoms with van der Waals surface area (Å²) >= 11 is 6.97. The minimum atomic E-state index is -0.572. The van der Waals surface area contributed by atoms with E-state index in [4.69, 9.17) is 18.0 Å². The van der Waals surface area contributed by atoms with Gasteiger partial charge in [0, 0.05) is 6.54 Å². The molecule has 1 heterocycles. The molecule has 1 aliphatic rings. The summed E-state index contributed by atoms with van der Waals surface area (Å²) in [7, 11) is 0. The summed E-state index contributed by atoms with van der Waals surface area (Å²) in [5, 5.41) is 9.71. The quantitative estimate of drug-likeness (QED) is 0.748. The second-order valence-electron chi connectivity index (χ2n) is 5.47. The molecule has 1 aliphatic heterocycles. The topological polar surface area (TPSA) is 49.5 Å². The maximum absolute atomic E-state index is 9.71. The molecule has 0 amide bonds. The van der Waals surface area contributed by atoms with Crippen LogP contribution in [0, 0.1) is 0 Å². The average Bonchev–Trinajstić information content (AvgIpc) is 2.26. The third-order valence-corrected chi connectivity index (χ3v) is 5.47. The van der Waals surface area contributed by atoms with E-state index < -0.39 is 5.60 Å². The Bertz CT molecular complexity index is 268. The summed E-state index contributed by atoms with van der Waals surface area (Å²) in [6.45, 7) is 6.71. The van der Waals surface area contributed by atoms with Gasteiger partial charge in [-0.25, -0.2) is 0 Å². The lowest BCUT2D eigenvalue weighted by atomic mass is 9.95. The molecule has 1 saturated heterocycles. The summed E-state index contributed by atoms with van der Waals surface area (Å²) in [5.74, 6) is 0. The predicted octanol–water partition coefficient (Wildman–Crippen LogP) is 1.63. The van der Waals surface area contributed by atoms with Crippen molar-refractivity contribution in [3.8, 4) is 0 Å². The Labute approximate surface area is 114 Å². The van der Waals surface area contributed by atoms with Gasteiger partial charge in [0.1, 0.15) is 0 Å². The first-order chi connectivity index (χ1) is 7.79. The molecule has 0 aliphatic carbocycles. The van der Waals surface area contributed by atoms with Gasteiger partial charge in [0.05, 0.1) is 15.3 Å². The van der Waals surface area contributed by atoms with Gasteiger partial charge in [0.25, 0.3) is 0 Å². The largest absolute Gasteiger partial charge is 0.392 e. The summed E-state index contributed by atoms with van der Waals surface area (Å²) in [6.07, 6.45) is 4.95. The van der Waals surface area contributed by atoms with Crippen molar-refractivity contribution in [3.63, 3.8) is 0 Å². The molecule has 100 valence electrons. The van der Waals surface area contributed by atoms with Gasteiger partial charge in [-0.05, 0) is 52.5 Å². The number of hydrogen-bond acceptors (Lipinski definition) is 4. The molecule has 1 fully saturated rings. The van der Waals surface area contributed by atoms with Crippen LogP contribution in [0.3, 0.4) is 0 Å². The van der Waals surface area contributed by atoms with E-state index in [1.807, 2.05) is 13.8 Å². The lowest BCUT2D eigenvalue weighted by Crippen LogP contribution is -2.49. The fourth-order valence-corrected chi connectivity index (χ4v) is 3.37. The normalized spacial score (nSPS) is 21.4. The highest BCUT2D eigenvalue weighted by atomic mass is 32.2. The third-order valence-electron chi connectivity index (χ3n) is 3.54. The SMILES string of the molecule is CSC1(C(N)=S)CCN(CCC(C)(C)O)CC1. The molecule has 3 nitrogen and oxygen atoms in total.